The lowest BCUT2D eigenvalue weighted by Gasteiger charge is -2.30. The zero-order chi connectivity index (χ0) is 63.1. The van der Waals surface area contributed by atoms with Crippen molar-refractivity contribution >= 4 is 53.6 Å². The van der Waals surface area contributed by atoms with Crippen molar-refractivity contribution in [1.29, 1.82) is 10.5 Å². The summed E-state index contributed by atoms with van der Waals surface area (Å²) >= 11 is 0. The summed E-state index contributed by atoms with van der Waals surface area (Å²) in [4.78, 5) is 74.3. The van der Waals surface area contributed by atoms with Gasteiger partial charge in [-0.05, 0) is 122 Å². The van der Waals surface area contributed by atoms with Gasteiger partial charge in [-0.1, -0.05) is 26.0 Å². The van der Waals surface area contributed by atoms with Crippen molar-refractivity contribution in [3.63, 3.8) is 0 Å². The number of carbonyl (C=O) groups excluding carboxylic acids is 2. The molecule has 2 atom stereocenters. The van der Waals surface area contributed by atoms with Crippen molar-refractivity contribution in [1.82, 2.24) is 38.9 Å². The number of benzene rings is 4. The van der Waals surface area contributed by atoms with Crippen LogP contribution < -0.4 is 11.1 Å². The number of pyridine rings is 2. The summed E-state index contributed by atoms with van der Waals surface area (Å²) in [6, 6.07) is 24.2. The number of rotatable bonds is 18. The van der Waals surface area contributed by atoms with E-state index in [4.69, 9.17) is 0 Å². The first-order valence-electron chi connectivity index (χ1n) is 26.0. The predicted molar refractivity (Wildman–Crippen MR) is 299 cm³/mol. The first-order valence-corrected chi connectivity index (χ1v) is 29.6. The summed E-state index contributed by atoms with van der Waals surface area (Å²) in [5.41, 5.74) is -3.12. The lowest BCUT2D eigenvalue weighted by molar-refractivity contribution is -0.141. The molecule has 0 aliphatic rings. The molecule has 4 aromatic heterocycles. The van der Waals surface area contributed by atoms with Crippen LogP contribution in [0.25, 0.3) is 33.4 Å². The van der Waals surface area contributed by atoms with Crippen LogP contribution in [0, 0.1) is 34.3 Å². The van der Waals surface area contributed by atoms with E-state index < -0.39 is 114 Å². The maximum absolute atomic E-state index is 13.9. The fraction of sp³-hybridized carbons (Fsp3) is 0.276. The van der Waals surface area contributed by atoms with E-state index in [0.717, 1.165) is 21.9 Å². The molecule has 0 spiro atoms. The minimum Gasteiger partial charge on any atom is -0.331 e. The second-order valence-electron chi connectivity index (χ2n) is 19.3. The summed E-state index contributed by atoms with van der Waals surface area (Å²) in [6.07, 6.45) is -8.40. The zero-order valence-electron chi connectivity index (χ0n) is 45.9. The molecule has 448 valence electrons. The molecule has 86 heavy (non-hydrogen) atoms. The number of carbonyl (C=O) groups is 2. The average Bonchev–Trinajstić information content (AvgIpc) is 3.68. The first kappa shape index (κ1) is 64.3. The van der Waals surface area contributed by atoms with Gasteiger partial charge in [0.05, 0.1) is 93.0 Å². The van der Waals surface area contributed by atoms with Gasteiger partial charge in [-0.3, -0.25) is 28.3 Å². The highest BCUT2D eigenvalue weighted by atomic mass is 32.2. The molecule has 0 saturated heterocycles. The zero-order valence-corrected chi connectivity index (χ0v) is 47.6. The van der Waals surface area contributed by atoms with Crippen molar-refractivity contribution in [3.05, 3.63) is 199 Å². The van der Waals surface area contributed by atoms with Crippen molar-refractivity contribution in [2.75, 3.05) is 36.1 Å². The summed E-state index contributed by atoms with van der Waals surface area (Å²) in [5.74, 6) is -5.93. The van der Waals surface area contributed by atoms with Crippen molar-refractivity contribution in [2.24, 2.45) is 0 Å². The van der Waals surface area contributed by atoms with Gasteiger partial charge in [0.15, 0.2) is 31.0 Å². The molecule has 28 heteroatoms. The Kier molecular flexibility index (Phi) is 19.7. The number of halogens is 8. The molecule has 8 aromatic rings. The highest BCUT2D eigenvalue weighted by Gasteiger charge is 2.37. The fourth-order valence-electron chi connectivity index (χ4n) is 8.96. The van der Waals surface area contributed by atoms with Gasteiger partial charge in [0.25, 0.3) is 11.1 Å². The van der Waals surface area contributed by atoms with Crippen LogP contribution in [0.2, 0.25) is 0 Å². The molecule has 18 nitrogen and oxygen atoms in total. The van der Waals surface area contributed by atoms with Gasteiger partial charge in [-0.2, -0.15) is 36.9 Å². The van der Waals surface area contributed by atoms with Gasteiger partial charge in [0, 0.05) is 37.0 Å². The van der Waals surface area contributed by atoms with Crippen molar-refractivity contribution in [2.45, 2.75) is 65.0 Å². The standard InChI is InChI=1S/2C29H25F4N5O4S/c2*1-3-43(41,42)14-13-37(25(39)16-20-8-11-24(30)23(15-20)29(31,32)33)18(2)27-36-26-22(5-4-12-35-26)28(40)38(27)21-9-6-19(17-34)7-10-21/h2*4-12,15,18H,3,13-14,16H2,1-2H3/t2*18-/m10/s1. The van der Waals surface area contributed by atoms with Crippen LogP contribution >= 0.6 is 0 Å². The quantitative estimate of drug-likeness (QED) is 0.0729. The minimum atomic E-state index is -5.00. The summed E-state index contributed by atoms with van der Waals surface area (Å²) < 4.78 is 160. The molecule has 0 N–H and O–H groups in total. The maximum atomic E-state index is 13.9. The SMILES string of the molecule is CCS(=O)(=O)CCN(C(=O)Cc1ccc(F)c(C(F)(F)F)c1)[C@@H](C)c1nc2ncccc2c(=O)n1-c1ccc(C#N)cc1.CCS(=O)(=O)CCN(C(=O)Cc1ccc(F)c(C(F)(F)F)c1)[C@H](C)c1nc2ncccc2c(=O)n1-c1ccc(C#N)cc1. The Bertz CT molecular complexity index is 4050. The van der Waals surface area contributed by atoms with E-state index >= 15 is 0 Å². The molecule has 0 saturated carbocycles. The second kappa shape index (κ2) is 26.3. The second-order valence-corrected chi connectivity index (χ2v) is 24.2. The number of amides is 2. The van der Waals surface area contributed by atoms with Crippen LogP contribution in [0.4, 0.5) is 35.1 Å². The van der Waals surface area contributed by atoms with E-state index in [2.05, 4.69) is 19.9 Å². The Morgan fingerprint density at radius 2 is 0.919 bits per heavy atom. The molecule has 0 aliphatic heterocycles. The molecule has 0 fully saturated rings. The normalized spacial score (nSPS) is 12.6. The summed E-state index contributed by atoms with van der Waals surface area (Å²) in [5, 5.41) is 18.7. The number of fused-ring (bicyclic) bond motifs is 2. The van der Waals surface area contributed by atoms with E-state index in [9.17, 15) is 81.7 Å². The Hall–Kier alpha value is -9.28. The van der Waals surface area contributed by atoms with Gasteiger partial charge >= 0.3 is 12.4 Å². The van der Waals surface area contributed by atoms with Crippen LogP contribution in [0.15, 0.2) is 131 Å². The predicted octanol–water partition coefficient (Wildman–Crippen LogP) is 8.75. The van der Waals surface area contributed by atoms with E-state index in [1.54, 1.807) is 12.1 Å². The van der Waals surface area contributed by atoms with Crippen molar-refractivity contribution in [3.8, 4) is 23.5 Å². The largest absolute Gasteiger partial charge is 0.419 e. The van der Waals surface area contributed by atoms with Crippen LogP contribution in [0.3, 0.4) is 0 Å². The molecule has 0 radical (unpaired) electrons. The smallest absolute Gasteiger partial charge is 0.331 e. The fourth-order valence-corrected chi connectivity index (χ4v) is 10.5. The molecule has 4 heterocycles. The molecule has 0 unspecified atom stereocenters. The van der Waals surface area contributed by atoms with Crippen LogP contribution in [-0.4, -0.2) is 104 Å². The molecular formula is C58H50F8N10O8S2. The van der Waals surface area contributed by atoms with Crippen LogP contribution in [-0.2, 0) is 54.5 Å². The maximum Gasteiger partial charge on any atom is 0.419 e. The number of hydrogen-bond acceptors (Lipinski definition) is 14. The molecule has 0 aliphatic carbocycles. The van der Waals surface area contributed by atoms with Gasteiger partial charge < -0.3 is 9.80 Å². The van der Waals surface area contributed by atoms with Gasteiger partial charge in [-0.15, -0.1) is 0 Å². The highest BCUT2D eigenvalue weighted by Crippen LogP contribution is 2.34. The van der Waals surface area contributed by atoms with Crippen molar-refractivity contribution < 1.29 is 61.5 Å². The Morgan fingerprint density at radius 1 is 0.570 bits per heavy atom. The highest BCUT2D eigenvalue weighted by molar-refractivity contribution is 7.91. The number of sulfone groups is 2. The van der Waals surface area contributed by atoms with E-state index in [1.807, 2.05) is 12.1 Å². The van der Waals surface area contributed by atoms with E-state index in [0.29, 0.717) is 46.8 Å². The van der Waals surface area contributed by atoms with Crippen LogP contribution in [0.1, 0.15) is 84.8 Å². The number of nitrogens with zero attached hydrogens (tertiary/aromatic N) is 10. The molecule has 2 amide bonds. The van der Waals surface area contributed by atoms with Gasteiger partial charge in [-0.25, -0.2) is 45.6 Å². The monoisotopic (exact) mass is 1230 g/mol. The van der Waals surface area contributed by atoms with Gasteiger partial charge in [0.1, 0.15) is 23.3 Å². The minimum absolute atomic E-state index is 0.00163. The lowest BCUT2D eigenvalue weighted by atomic mass is 10.1. The number of nitriles is 2. The first-order chi connectivity index (χ1) is 40.5. The Labute approximate surface area is 486 Å². The number of alkyl halides is 6. The molecule has 8 rings (SSSR count). The molecule has 4 aromatic carbocycles. The third kappa shape index (κ3) is 15.0. The van der Waals surface area contributed by atoms with E-state index in [-0.39, 0.29) is 69.4 Å². The van der Waals surface area contributed by atoms with Gasteiger partial charge in [0.2, 0.25) is 11.8 Å². The average molecular weight is 1230 g/mol. The number of hydrogen-bond donors (Lipinski definition) is 0. The molecular weight excluding hydrogens is 1180 g/mol. The Morgan fingerprint density at radius 3 is 1.23 bits per heavy atom. The summed E-state index contributed by atoms with van der Waals surface area (Å²) in [6.45, 7) is 5.13. The number of aromatic nitrogens is 6. The topological polar surface area (TPSA) is 252 Å². The third-order valence-corrected chi connectivity index (χ3v) is 17.1. The molecule has 0 bridgehead atoms. The lowest BCUT2D eigenvalue weighted by Crippen LogP contribution is -2.41. The summed E-state index contributed by atoms with van der Waals surface area (Å²) in [7, 11) is -7.21. The van der Waals surface area contributed by atoms with E-state index in [1.165, 1.54) is 110 Å². The van der Waals surface area contributed by atoms with Crippen LogP contribution in [0.5, 0.6) is 0 Å². The Balaban J connectivity index is 0.000000246. The third-order valence-electron chi connectivity index (χ3n) is 13.7.